The lowest BCUT2D eigenvalue weighted by Gasteiger charge is -1.99. The van der Waals surface area contributed by atoms with Gasteiger partial charge in [-0.05, 0) is 36.4 Å². The summed E-state index contributed by atoms with van der Waals surface area (Å²) in [4.78, 5) is 3.79. The van der Waals surface area contributed by atoms with E-state index in [0.717, 1.165) is 11.5 Å². The Bertz CT molecular complexity index is 729. The van der Waals surface area contributed by atoms with E-state index in [1.807, 2.05) is 0 Å². The van der Waals surface area contributed by atoms with E-state index in [2.05, 4.69) is 4.98 Å². The molecule has 0 unspecified atom stereocenters. The highest BCUT2D eigenvalue weighted by Crippen LogP contribution is 2.18. The Labute approximate surface area is 115 Å². The molecule has 98 valence electrons. The monoisotopic (exact) mass is 297 g/mol. The molecule has 0 spiro atoms. The second-order valence-electron chi connectivity index (χ2n) is 3.68. The molecule has 0 amide bonds. The highest BCUT2D eigenvalue weighted by atomic mass is 35.5. The molecule has 2 rings (SSSR count). The minimum Gasteiger partial charge on any atom is -0.254 e. The lowest BCUT2D eigenvalue weighted by atomic mass is 10.3. The fourth-order valence-electron chi connectivity index (χ4n) is 1.40. The van der Waals surface area contributed by atoms with Crippen molar-refractivity contribution in [2.24, 2.45) is 0 Å². The number of rotatable bonds is 3. The first kappa shape index (κ1) is 13.7. The molecule has 0 aliphatic rings. The van der Waals surface area contributed by atoms with E-state index in [9.17, 15) is 12.8 Å². The minimum absolute atomic E-state index is 0.0342. The molecular formula is C13H9ClFNO2S. The van der Waals surface area contributed by atoms with Crippen LogP contribution in [0.4, 0.5) is 4.39 Å². The van der Waals surface area contributed by atoms with Gasteiger partial charge in [0.25, 0.3) is 0 Å². The van der Waals surface area contributed by atoms with Crippen molar-refractivity contribution in [3.8, 4) is 0 Å². The Balaban J connectivity index is 2.35. The van der Waals surface area contributed by atoms with E-state index in [-0.39, 0.29) is 10.6 Å². The van der Waals surface area contributed by atoms with Crippen LogP contribution in [0.5, 0.6) is 0 Å². The quantitative estimate of drug-likeness (QED) is 0.873. The van der Waals surface area contributed by atoms with Crippen LogP contribution in [0.3, 0.4) is 0 Å². The van der Waals surface area contributed by atoms with Crippen molar-refractivity contribution >= 4 is 27.5 Å². The normalized spacial score (nSPS) is 11.9. The molecule has 19 heavy (non-hydrogen) atoms. The number of benzene rings is 1. The van der Waals surface area contributed by atoms with Gasteiger partial charge in [-0.25, -0.2) is 12.8 Å². The zero-order chi connectivity index (χ0) is 13.9. The third-order valence-electron chi connectivity index (χ3n) is 2.32. The molecule has 0 saturated heterocycles. The maximum atomic E-state index is 13.3. The molecule has 1 aromatic carbocycles. The molecule has 0 radical (unpaired) electrons. The van der Waals surface area contributed by atoms with E-state index in [4.69, 9.17) is 11.6 Å². The Morgan fingerprint density at radius 3 is 2.68 bits per heavy atom. The molecule has 1 heterocycles. The minimum atomic E-state index is -3.67. The second-order valence-corrected chi connectivity index (χ2v) is 5.95. The highest BCUT2D eigenvalue weighted by molar-refractivity contribution is 7.94. The van der Waals surface area contributed by atoms with Crippen LogP contribution in [0.25, 0.3) is 6.08 Å². The molecule has 0 bridgehead atoms. The molecule has 3 nitrogen and oxygen atoms in total. The molecule has 0 fully saturated rings. The Hall–Kier alpha value is -1.72. The van der Waals surface area contributed by atoms with Gasteiger partial charge in [-0.2, -0.15) is 0 Å². The van der Waals surface area contributed by atoms with Gasteiger partial charge in [-0.15, -0.1) is 0 Å². The largest absolute Gasteiger partial charge is 0.254 e. The molecule has 0 saturated carbocycles. The summed E-state index contributed by atoms with van der Waals surface area (Å²) in [5.74, 6) is -0.583. The van der Waals surface area contributed by atoms with Crippen LogP contribution in [0, 0.1) is 5.82 Å². The molecular weight excluding hydrogens is 289 g/mol. The maximum Gasteiger partial charge on any atom is 0.199 e. The molecule has 2 aromatic rings. The first-order valence-corrected chi connectivity index (χ1v) is 7.21. The molecule has 0 N–H and O–H groups in total. The number of nitrogens with zero attached hydrogens (tertiary/aromatic N) is 1. The first-order valence-electron chi connectivity index (χ1n) is 5.28. The molecule has 0 aliphatic heterocycles. The maximum absolute atomic E-state index is 13.3. The van der Waals surface area contributed by atoms with Gasteiger partial charge in [0.2, 0.25) is 0 Å². The molecule has 6 heteroatoms. The van der Waals surface area contributed by atoms with Crippen molar-refractivity contribution in [1.82, 2.24) is 4.98 Å². The number of halogens is 2. The fourth-order valence-corrected chi connectivity index (χ4v) is 2.68. The van der Waals surface area contributed by atoms with Crippen LogP contribution in [0.1, 0.15) is 5.69 Å². The van der Waals surface area contributed by atoms with Gasteiger partial charge < -0.3 is 0 Å². The summed E-state index contributed by atoms with van der Waals surface area (Å²) in [5, 5.41) is 1.22. The van der Waals surface area contributed by atoms with E-state index in [0.29, 0.717) is 5.02 Å². The smallest absolute Gasteiger partial charge is 0.199 e. The topological polar surface area (TPSA) is 47.0 Å². The van der Waals surface area contributed by atoms with Crippen molar-refractivity contribution in [3.63, 3.8) is 0 Å². The van der Waals surface area contributed by atoms with Gasteiger partial charge in [0.05, 0.1) is 10.6 Å². The fraction of sp³-hybridized carbons (Fsp3) is 0. The summed E-state index contributed by atoms with van der Waals surface area (Å²) in [7, 11) is -3.67. The van der Waals surface area contributed by atoms with Crippen LogP contribution in [0.2, 0.25) is 5.02 Å². The second kappa shape index (κ2) is 5.50. The number of pyridine rings is 1. The highest BCUT2D eigenvalue weighted by Gasteiger charge is 2.11. The number of sulfone groups is 1. The third kappa shape index (κ3) is 3.39. The molecule has 0 aliphatic carbocycles. The number of aromatic nitrogens is 1. The van der Waals surface area contributed by atoms with Crippen molar-refractivity contribution in [2.45, 2.75) is 4.90 Å². The zero-order valence-corrected chi connectivity index (χ0v) is 11.2. The number of hydrogen-bond acceptors (Lipinski definition) is 3. The lowest BCUT2D eigenvalue weighted by Crippen LogP contribution is -1.96. The standard InChI is InChI=1S/C13H9ClFNO2S/c14-10-3-1-4-11(9-10)19(17,18)8-6-13-12(15)5-2-7-16-13/h1-9H/b8-6-. The van der Waals surface area contributed by atoms with Gasteiger partial charge in [-0.3, -0.25) is 4.98 Å². The third-order valence-corrected chi connectivity index (χ3v) is 3.96. The van der Waals surface area contributed by atoms with Crippen LogP contribution < -0.4 is 0 Å². The van der Waals surface area contributed by atoms with Gasteiger partial charge in [-0.1, -0.05) is 17.7 Å². The summed E-state index contributed by atoms with van der Waals surface area (Å²) in [6, 6.07) is 8.49. The van der Waals surface area contributed by atoms with Crippen molar-refractivity contribution in [2.75, 3.05) is 0 Å². The predicted molar refractivity (Wildman–Crippen MR) is 71.9 cm³/mol. The van der Waals surface area contributed by atoms with Crippen LogP contribution in [0.15, 0.2) is 52.9 Å². The average molecular weight is 298 g/mol. The summed E-state index contributed by atoms with van der Waals surface area (Å²) in [5.41, 5.74) is -0.0342. The summed E-state index contributed by atoms with van der Waals surface area (Å²) >= 11 is 5.73. The Kier molecular flexibility index (Phi) is 3.97. The van der Waals surface area contributed by atoms with Crippen molar-refractivity contribution in [3.05, 3.63) is 64.5 Å². The van der Waals surface area contributed by atoms with E-state index in [1.54, 1.807) is 6.07 Å². The van der Waals surface area contributed by atoms with Crippen LogP contribution in [-0.4, -0.2) is 13.4 Å². The summed E-state index contributed by atoms with van der Waals surface area (Å²) in [6.07, 6.45) is 2.50. The van der Waals surface area contributed by atoms with E-state index in [1.165, 1.54) is 36.5 Å². The zero-order valence-electron chi connectivity index (χ0n) is 9.62. The Morgan fingerprint density at radius 1 is 1.21 bits per heavy atom. The summed E-state index contributed by atoms with van der Waals surface area (Å²) in [6.45, 7) is 0. The Morgan fingerprint density at radius 2 is 2.00 bits per heavy atom. The number of hydrogen-bond donors (Lipinski definition) is 0. The first-order chi connectivity index (χ1) is 8.99. The van der Waals surface area contributed by atoms with Crippen LogP contribution in [-0.2, 0) is 9.84 Å². The SMILES string of the molecule is O=S(=O)(/C=C\c1ncccc1F)c1cccc(Cl)c1. The van der Waals surface area contributed by atoms with Crippen LogP contribution >= 0.6 is 11.6 Å². The van der Waals surface area contributed by atoms with Gasteiger partial charge >= 0.3 is 0 Å². The van der Waals surface area contributed by atoms with Gasteiger partial charge in [0.15, 0.2) is 9.84 Å². The van der Waals surface area contributed by atoms with Crippen molar-refractivity contribution in [1.29, 1.82) is 0 Å². The van der Waals surface area contributed by atoms with E-state index >= 15 is 0 Å². The predicted octanol–water partition coefficient (Wildman–Crippen LogP) is 3.32. The molecule has 1 aromatic heterocycles. The summed E-state index contributed by atoms with van der Waals surface area (Å²) < 4.78 is 37.2. The molecule has 0 atom stereocenters. The lowest BCUT2D eigenvalue weighted by molar-refractivity contribution is 0.604. The van der Waals surface area contributed by atoms with Gasteiger partial charge in [0, 0.05) is 16.6 Å². The van der Waals surface area contributed by atoms with Crippen molar-refractivity contribution < 1.29 is 12.8 Å². The average Bonchev–Trinajstić information content (AvgIpc) is 2.38. The van der Waals surface area contributed by atoms with E-state index < -0.39 is 15.7 Å². The van der Waals surface area contributed by atoms with Gasteiger partial charge in [0.1, 0.15) is 5.82 Å².